The first-order valence-electron chi connectivity index (χ1n) is 3.79. The number of rotatable bonds is 2. The van der Waals surface area contributed by atoms with Crippen LogP contribution in [0.15, 0.2) is 0 Å². The van der Waals surface area contributed by atoms with Crippen molar-refractivity contribution in [2.24, 2.45) is 5.92 Å². The van der Waals surface area contributed by atoms with Gasteiger partial charge in [0.05, 0.1) is 0 Å². The monoisotopic (exact) mass is 161 g/mol. The molecule has 1 aliphatic heterocycles. The summed E-state index contributed by atoms with van der Waals surface area (Å²) < 4.78 is 12.8. The summed E-state index contributed by atoms with van der Waals surface area (Å²) in [6.07, 6.45) is -0.405. The van der Waals surface area contributed by atoms with Gasteiger partial charge in [-0.3, -0.25) is 0 Å². The lowest BCUT2D eigenvalue weighted by Crippen LogP contribution is -2.35. The van der Waals surface area contributed by atoms with E-state index in [0.717, 1.165) is 13.1 Å². The molecule has 0 aromatic heterocycles. The zero-order valence-electron chi connectivity index (χ0n) is 6.22. The number of carboxylic acids is 1. The van der Waals surface area contributed by atoms with Gasteiger partial charge < -0.3 is 10.4 Å². The molecule has 1 saturated heterocycles. The molecule has 1 heterocycles. The molecule has 1 unspecified atom stereocenters. The van der Waals surface area contributed by atoms with Crippen LogP contribution in [-0.4, -0.2) is 30.3 Å². The first-order chi connectivity index (χ1) is 5.22. The van der Waals surface area contributed by atoms with Gasteiger partial charge in [-0.25, -0.2) is 9.18 Å². The van der Waals surface area contributed by atoms with Crippen molar-refractivity contribution < 1.29 is 14.3 Å². The molecule has 64 valence electrons. The van der Waals surface area contributed by atoms with Gasteiger partial charge in [-0.05, 0) is 25.9 Å². The minimum absolute atomic E-state index is 0.284. The highest BCUT2D eigenvalue weighted by atomic mass is 19.1. The van der Waals surface area contributed by atoms with Crippen LogP contribution in [0.5, 0.6) is 0 Å². The molecule has 4 heteroatoms. The number of aliphatic carboxylic acids is 1. The fourth-order valence-corrected chi connectivity index (χ4v) is 1.34. The van der Waals surface area contributed by atoms with Crippen molar-refractivity contribution in [1.82, 2.24) is 5.32 Å². The van der Waals surface area contributed by atoms with Gasteiger partial charge in [0, 0.05) is 5.92 Å². The van der Waals surface area contributed by atoms with Gasteiger partial charge >= 0.3 is 5.97 Å². The Hall–Kier alpha value is -0.640. The molecule has 1 aliphatic rings. The highest BCUT2D eigenvalue weighted by Crippen LogP contribution is 2.18. The first kappa shape index (κ1) is 8.46. The van der Waals surface area contributed by atoms with Crippen molar-refractivity contribution in [3.63, 3.8) is 0 Å². The number of nitrogens with one attached hydrogen (secondary N) is 1. The molecule has 0 aliphatic carbocycles. The van der Waals surface area contributed by atoms with Crippen LogP contribution < -0.4 is 5.32 Å². The van der Waals surface area contributed by atoms with Gasteiger partial charge in [-0.2, -0.15) is 0 Å². The lowest BCUT2D eigenvalue weighted by atomic mass is 9.93. The molecule has 0 aromatic carbocycles. The zero-order chi connectivity index (χ0) is 8.27. The predicted molar refractivity (Wildman–Crippen MR) is 38.1 cm³/mol. The third-order valence-corrected chi connectivity index (χ3v) is 2.03. The number of halogens is 1. The van der Waals surface area contributed by atoms with Gasteiger partial charge in [0.25, 0.3) is 0 Å². The fourth-order valence-electron chi connectivity index (χ4n) is 1.34. The molecule has 0 spiro atoms. The van der Waals surface area contributed by atoms with Crippen molar-refractivity contribution in [3.05, 3.63) is 0 Å². The normalized spacial score (nSPS) is 23.0. The van der Waals surface area contributed by atoms with Crippen molar-refractivity contribution in [2.45, 2.75) is 19.0 Å². The number of alkyl halides is 1. The van der Waals surface area contributed by atoms with E-state index in [0.29, 0.717) is 12.8 Å². The predicted octanol–water partition coefficient (Wildman–Crippen LogP) is 0.409. The molecule has 3 nitrogen and oxygen atoms in total. The zero-order valence-corrected chi connectivity index (χ0v) is 6.22. The lowest BCUT2D eigenvalue weighted by molar-refractivity contribution is -0.145. The Morgan fingerprint density at radius 1 is 1.55 bits per heavy atom. The molecule has 0 aromatic rings. The Kier molecular flexibility index (Phi) is 2.82. The van der Waals surface area contributed by atoms with Gasteiger partial charge in [-0.1, -0.05) is 0 Å². The van der Waals surface area contributed by atoms with Crippen LogP contribution in [-0.2, 0) is 4.79 Å². The summed E-state index contributed by atoms with van der Waals surface area (Å²) in [7, 11) is 0. The Labute approximate surface area is 64.6 Å². The van der Waals surface area contributed by atoms with Crippen molar-refractivity contribution in [2.75, 3.05) is 13.1 Å². The largest absolute Gasteiger partial charge is 0.479 e. The molecule has 0 radical (unpaired) electrons. The Balaban J connectivity index is 2.38. The molecular weight excluding hydrogens is 149 g/mol. The number of hydrogen-bond acceptors (Lipinski definition) is 2. The summed E-state index contributed by atoms with van der Waals surface area (Å²) in [6.45, 7) is 1.47. The van der Waals surface area contributed by atoms with Crippen LogP contribution in [0.3, 0.4) is 0 Å². The average molecular weight is 161 g/mol. The quantitative estimate of drug-likeness (QED) is 0.616. The Morgan fingerprint density at radius 3 is 2.55 bits per heavy atom. The SMILES string of the molecule is O=C(O)C(F)C1CCNCC1. The van der Waals surface area contributed by atoms with Crippen LogP contribution in [0.2, 0.25) is 0 Å². The topological polar surface area (TPSA) is 49.3 Å². The smallest absolute Gasteiger partial charge is 0.338 e. The summed E-state index contributed by atoms with van der Waals surface area (Å²) in [5.74, 6) is -1.61. The molecule has 0 bridgehead atoms. The van der Waals surface area contributed by atoms with Crippen molar-refractivity contribution in [1.29, 1.82) is 0 Å². The second-order valence-corrected chi connectivity index (χ2v) is 2.83. The summed E-state index contributed by atoms with van der Waals surface area (Å²) >= 11 is 0. The van der Waals surface area contributed by atoms with Gasteiger partial charge in [0.15, 0.2) is 6.17 Å². The number of piperidine rings is 1. The van der Waals surface area contributed by atoms with Crippen LogP contribution in [0.25, 0.3) is 0 Å². The van der Waals surface area contributed by atoms with E-state index >= 15 is 0 Å². The standard InChI is InChI=1S/C7H12FNO2/c8-6(7(10)11)5-1-3-9-4-2-5/h5-6,9H,1-4H2,(H,10,11). The van der Waals surface area contributed by atoms with Crippen LogP contribution in [0.4, 0.5) is 4.39 Å². The first-order valence-corrected chi connectivity index (χ1v) is 3.79. The third kappa shape index (κ3) is 2.15. The highest BCUT2D eigenvalue weighted by molar-refractivity contribution is 5.72. The van der Waals surface area contributed by atoms with E-state index in [9.17, 15) is 9.18 Å². The summed E-state index contributed by atoms with van der Waals surface area (Å²) in [4.78, 5) is 10.2. The van der Waals surface area contributed by atoms with Crippen LogP contribution in [0.1, 0.15) is 12.8 Å². The van der Waals surface area contributed by atoms with Crippen molar-refractivity contribution >= 4 is 5.97 Å². The second-order valence-electron chi connectivity index (χ2n) is 2.83. The minimum Gasteiger partial charge on any atom is -0.479 e. The van der Waals surface area contributed by atoms with Gasteiger partial charge in [0.1, 0.15) is 0 Å². The summed E-state index contributed by atoms with van der Waals surface area (Å²) in [5, 5.41) is 11.4. The molecule has 0 saturated carbocycles. The third-order valence-electron chi connectivity index (χ3n) is 2.03. The van der Waals surface area contributed by atoms with E-state index in [2.05, 4.69) is 5.32 Å². The molecular formula is C7H12FNO2. The summed E-state index contributed by atoms with van der Waals surface area (Å²) in [6, 6.07) is 0. The van der Waals surface area contributed by atoms with E-state index in [1.54, 1.807) is 0 Å². The molecule has 0 amide bonds. The highest BCUT2D eigenvalue weighted by Gasteiger charge is 2.28. The van der Waals surface area contributed by atoms with Crippen LogP contribution >= 0.6 is 0 Å². The lowest BCUT2D eigenvalue weighted by Gasteiger charge is -2.23. The number of carbonyl (C=O) groups is 1. The molecule has 2 N–H and O–H groups in total. The maximum atomic E-state index is 12.8. The Morgan fingerprint density at radius 2 is 2.09 bits per heavy atom. The van der Waals surface area contributed by atoms with E-state index in [1.165, 1.54) is 0 Å². The Bertz CT molecular complexity index is 145. The van der Waals surface area contributed by atoms with Gasteiger partial charge in [0.2, 0.25) is 0 Å². The van der Waals surface area contributed by atoms with Crippen LogP contribution in [0, 0.1) is 5.92 Å². The van der Waals surface area contributed by atoms with E-state index < -0.39 is 12.1 Å². The average Bonchev–Trinajstić information content (AvgIpc) is 2.05. The maximum Gasteiger partial charge on any atom is 0.338 e. The molecule has 1 atom stereocenters. The summed E-state index contributed by atoms with van der Waals surface area (Å²) in [5.41, 5.74) is 0. The fraction of sp³-hybridized carbons (Fsp3) is 0.857. The molecule has 1 rings (SSSR count). The van der Waals surface area contributed by atoms with E-state index in [1.807, 2.05) is 0 Å². The molecule has 1 fully saturated rings. The van der Waals surface area contributed by atoms with Gasteiger partial charge in [-0.15, -0.1) is 0 Å². The van der Waals surface area contributed by atoms with E-state index in [-0.39, 0.29) is 5.92 Å². The second kappa shape index (κ2) is 3.67. The number of carboxylic acid groups (broad SMARTS) is 1. The van der Waals surface area contributed by atoms with Crippen molar-refractivity contribution in [3.8, 4) is 0 Å². The van der Waals surface area contributed by atoms with E-state index in [4.69, 9.17) is 5.11 Å². The minimum atomic E-state index is -1.67. The number of hydrogen-bond donors (Lipinski definition) is 2. The maximum absolute atomic E-state index is 12.8. The molecule has 11 heavy (non-hydrogen) atoms.